The van der Waals surface area contributed by atoms with E-state index in [1.807, 2.05) is 6.08 Å². The molecule has 0 aromatic rings. The molecule has 17 heavy (non-hydrogen) atoms. The van der Waals surface area contributed by atoms with Gasteiger partial charge >= 0.3 is 0 Å². The van der Waals surface area contributed by atoms with E-state index in [2.05, 4.69) is 26.7 Å². The third-order valence-electron chi connectivity index (χ3n) is 4.45. The molecule has 2 unspecified atom stereocenters. The summed E-state index contributed by atoms with van der Waals surface area (Å²) in [4.78, 5) is 0. The van der Waals surface area contributed by atoms with E-state index >= 15 is 0 Å². The molecule has 0 radical (unpaired) electrons. The molecule has 0 spiro atoms. The standard InChI is InChI=1S/C15H22O2/c1-6-14(5,16)7-8-15-11(2)9-12(17-15)10-13(15,3)4/h1,7-8,11-12,16H,9-10H2,2-5H3/t11-,12-,14?,15?/m1/s1. The van der Waals surface area contributed by atoms with Gasteiger partial charge in [0.05, 0.1) is 11.7 Å². The predicted octanol–water partition coefficient (Wildman–Crippen LogP) is 2.52. The van der Waals surface area contributed by atoms with Gasteiger partial charge in [-0.3, -0.25) is 0 Å². The minimum atomic E-state index is -1.19. The molecule has 2 aliphatic heterocycles. The average molecular weight is 234 g/mol. The zero-order valence-electron chi connectivity index (χ0n) is 11.2. The van der Waals surface area contributed by atoms with Crippen LogP contribution >= 0.6 is 0 Å². The summed E-state index contributed by atoms with van der Waals surface area (Å²) in [6.45, 7) is 8.31. The van der Waals surface area contributed by atoms with E-state index in [0.717, 1.165) is 12.8 Å². The summed E-state index contributed by atoms with van der Waals surface area (Å²) in [7, 11) is 0. The van der Waals surface area contributed by atoms with E-state index < -0.39 is 5.60 Å². The zero-order valence-corrected chi connectivity index (χ0v) is 11.2. The fourth-order valence-electron chi connectivity index (χ4n) is 3.45. The Labute approximate surface area is 104 Å². The SMILES string of the molecule is C#CC(C)(O)C=CC12O[C@H](C[C@H]1C)CC2(C)C. The van der Waals surface area contributed by atoms with E-state index in [1.165, 1.54) is 0 Å². The summed E-state index contributed by atoms with van der Waals surface area (Å²) in [6.07, 6.45) is 11.6. The maximum Gasteiger partial charge on any atom is 0.141 e. The van der Waals surface area contributed by atoms with Crippen molar-refractivity contribution in [2.45, 2.75) is 57.8 Å². The molecule has 0 saturated carbocycles. The zero-order chi connectivity index (χ0) is 12.9. The Morgan fingerprint density at radius 3 is 2.65 bits per heavy atom. The maximum atomic E-state index is 9.89. The van der Waals surface area contributed by atoms with Gasteiger partial charge in [0.25, 0.3) is 0 Å². The summed E-state index contributed by atoms with van der Waals surface area (Å²) >= 11 is 0. The van der Waals surface area contributed by atoms with Crippen molar-refractivity contribution in [3.8, 4) is 12.3 Å². The molecule has 0 aliphatic carbocycles. The molecule has 2 rings (SSSR count). The van der Waals surface area contributed by atoms with Crippen molar-refractivity contribution in [2.75, 3.05) is 0 Å². The first-order valence-electron chi connectivity index (χ1n) is 6.31. The molecule has 0 aromatic heterocycles. The number of hydrogen-bond acceptors (Lipinski definition) is 2. The largest absolute Gasteiger partial charge is 0.374 e. The molecule has 2 heterocycles. The molecule has 2 aliphatic rings. The van der Waals surface area contributed by atoms with E-state index in [4.69, 9.17) is 11.2 Å². The summed E-state index contributed by atoms with van der Waals surface area (Å²) in [5.41, 5.74) is -1.34. The maximum absolute atomic E-state index is 9.89. The van der Waals surface area contributed by atoms with Gasteiger partial charge in [-0.2, -0.15) is 0 Å². The van der Waals surface area contributed by atoms with Crippen LogP contribution in [0.15, 0.2) is 12.2 Å². The first kappa shape index (κ1) is 12.7. The van der Waals surface area contributed by atoms with Gasteiger partial charge in [-0.25, -0.2) is 0 Å². The Balaban J connectivity index is 2.32. The van der Waals surface area contributed by atoms with Crippen LogP contribution in [0.25, 0.3) is 0 Å². The Bertz CT molecular complexity index is 386. The monoisotopic (exact) mass is 234 g/mol. The van der Waals surface area contributed by atoms with Crippen molar-refractivity contribution in [3.63, 3.8) is 0 Å². The smallest absolute Gasteiger partial charge is 0.141 e. The van der Waals surface area contributed by atoms with Gasteiger partial charge in [0.15, 0.2) is 0 Å². The quantitative estimate of drug-likeness (QED) is 0.587. The van der Waals surface area contributed by atoms with Crippen LogP contribution < -0.4 is 0 Å². The lowest BCUT2D eigenvalue weighted by molar-refractivity contribution is -0.0182. The van der Waals surface area contributed by atoms with Crippen LogP contribution in [0.3, 0.4) is 0 Å². The van der Waals surface area contributed by atoms with Gasteiger partial charge in [-0.1, -0.05) is 32.8 Å². The van der Waals surface area contributed by atoms with Gasteiger partial charge in [-0.15, -0.1) is 6.42 Å². The lowest BCUT2D eigenvalue weighted by Gasteiger charge is -2.41. The molecule has 94 valence electrons. The molecular weight excluding hydrogens is 212 g/mol. The number of terminal acetylenes is 1. The molecule has 2 bridgehead atoms. The first-order valence-corrected chi connectivity index (χ1v) is 6.31. The lowest BCUT2D eigenvalue weighted by atomic mass is 9.63. The van der Waals surface area contributed by atoms with Crippen molar-refractivity contribution in [2.24, 2.45) is 11.3 Å². The Hall–Kier alpha value is -0.780. The van der Waals surface area contributed by atoms with E-state index in [9.17, 15) is 5.11 Å². The van der Waals surface area contributed by atoms with Crippen molar-refractivity contribution in [1.82, 2.24) is 0 Å². The first-order chi connectivity index (χ1) is 7.72. The van der Waals surface area contributed by atoms with Crippen LogP contribution in [0.4, 0.5) is 0 Å². The van der Waals surface area contributed by atoms with Gasteiger partial charge in [0.1, 0.15) is 5.60 Å². The highest BCUT2D eigenvalue weighted by Gasteiger charge is 2.60. The number of ether oxygens (including phenoxy) is 1. The summed E-state index contributed by atoms with van der Waals surface area (Å²) < 4.78 is 6.16. The summed E-state index contributed by atoms with van der Waals surface area (Å²) in [5.74, 6) is 2.85. The minimum absolute atomic E-state index is 0.108. The highest BCUT2D eigenvalue weighted by Crippen LogP contribution is 2.58. The van der Waals surface area contributed by atoms with E-state index in [0.29, 0.717) is 12.0 Å². The fraction of sp³-hybridized carbons (Fsp3) is 0.733. The number of hydrogen-bond donors (Lipinski definition) is 1. The Morgan fingerprint density at radius 2 is 2.18 bits per heavy atom. The van der Waals surface area contributed by atoms with Crippen molar-refractivity contribution < 1.29 is 9.84 Å². The second kappa shape index (κ2) is 3.60. The molecule has 2 fully saturated rings. The van der Waals surface area contributed by atoms with Crippen molar-refractivity contribution in [3.05, 3.63) is 12.2 Å². The minimum Gasteiger partial charge on any atom is -0.374 e. The topological polar surface area (TPSA) is 29.5 Å². The van der Waals surface area contributed by atoms with Crippen LogP contribution in [-0.4, -0.2) is 22.4 Å². The van der Waals surface area contributed by atoms with Crippen molar-refractivity contribution in [1.29, 1.82) is 0 Å². The highest BCUT2D eigenvalue weighted by atomic mass is 16.5. The molecule has 2 saturated heterocycles. The van der Waals surface area contributed by atoms with Gasteiger partial charge in [0, 0.05) is 5.41 Å². The van der Waals surface area contributed by atoms with Gasteiger partial charge in [0.2, 0.25) is 0 Å². The average Bonchev–Trinajstić information content (AvgIpc) is 2.64. The second-order valence-corrected chi connectivity index (χ2v) is 6.38. The van der Waals surface area contributed by atoms with E-state index in [1.54, 1.807) is 13.0 Å². The molecule has 2 heteroatoms. The molecule has 0 amide bonds. The molecule has 4 atom stereocenters. The summed E-state index contributed by atoms with van der Waals surface area (Å²) in [5, 5.41) is 9.89. The van der Waals surface area contributed by atoms with Crippen molar-refractivity contribution >= 4 is 0 Å². The molecular formula is C15H22O2. The normalized spacial score (nSPS) is 42.6. The number of fused-ring (bicyclic) bond motifs is 2. The lowest BCUT2D eigenvalue weighted by Crippen LogP contribution is -2.45. The Morgan fingerprint density at radius 1 is 1.53 bits per heavy atom. The molecule has 0 aromatic carbocycles. The number of aliphatic hydroxyl groups is 1. The summed E-state index contributed by atoms with van der Waals surface area (Å²) in [6, 6.07) is 0. The fourth-order valence-corrected chi connectivity index (χ4v) is 3.45. The third-order valence-corrected chi connectivity index (χ3v) is 4.45. The van der Waals surface area contributed by atoms with Gasteiger partial charge in [-0.05, 0) is 31.8 Å². The Kier molecular flexibility index (Phi) is 2.69. The van der Waals surface area contributed by atoms with Crippen LogP contribution in [0.5, 0.6) is 0 Å². The van der Waals surface area contributed by atoms with E-state index in [-0.39, 0.29) is 11.0 Å². The van der Waals surface area contributed by atoms with Crippen LogP contribution in [0.2, 0.25) is 0 Å². The molecule has 1 N–H and O–H groups in total. The molecule has 2 nitrogen and oxygen atoms in total. The highest BCUT2D eigenvalue weighted by molar-refractivity contribution is 5.26. The third kappa shape index (κ3) is 1.82. The number of rotatable bonds is 2. The van der Waals surface area contributed by atoms with Crippen LogP contribution in [0.1, 0.15) is 40.5 Å². The second-order valence-electron chi connectivity index (χ2n) is 6.38. The van der Waals surface area contributed by atoms with Gasteiger partial charge < -0.3 is 9.84 Å². The van der Waals surface area contributed by atoms with Crippen LogP contribution in [-0.2, 0) is 4.74 Å². The van der Waals surface area contributed by atoms with Crippen LogP contribution in [0, 0.1) is 23.7 Å². The predicted molar refractivity (Wildman–Crippen MR) is 68.4 cm³/mol.